The van der Waals surface area contributed by atoms with Crippen LogP contribution in [0.2, 0.25) is 0 Å². The van der Waals surface area contributed by atoms with Gasteiger partial charge >= 0.3 is 0 Å². The Bertz CT molecular complexity index is 652. The Morgan fingerprint density at radius 1 is 1.29 bits per heavy atom. The molecule has 1 amide bonds. The van der Waals surface area contributed by atoms with E-state index in [1.807, 2.05) is 45.3 Å². The van der Waals surface area contributed by atoms with Crippen LogP contribution in [0.25, 0.3) is 0 Å². The number of carbonyl (C=O) groups is 1. The van der Waals surface area contributed by atoms with E-state index < -0.39 is 0 Å². The maximum atomic E-state index is 12.4. The summed E-state index contributed by atoms with van der Waals surface area (Å²) in [4.78, 5) is 22.7. The van der Waals surface area contributed by atoms with Gasteiger partial charge in [0.1, 0.15) is 0 Å². The number of hydrogen-bond donors (Lipinski definition) is 1. The molecule has 1 aromatic heterocycles. The summed E-state index contributed by atoms with van der Waals surface area (Å²) in [5, 5.41) is 2.93. The highest BCUT2D eigenvalue weighted by atomic mass is 16.1. The van der Waals surface area contributed by atoms with Gasteiger partial charge in [0.15, 0.2) is 0 Å². The largest absolute Gasteiger partial charge is 0.347 e. The topological polar surface area (TPSA) is 58.1 Å². The summed E-state index contributed by atoms with van der Waals surface area (Å²) in [5.74, 6) is 0.414. The Morgan fingerprint density at radius 3 is 2.62 bits per heavy atom. The van der Waals surface area contributed by atoms with Gasteiger partial charge in [0.2, 0.25) is 5.95 Å². The van der Waals surface area contributed by atoms with Gasteiger partial charge < -0.3 is 10.2 Å². The molecule has 0 saturated carbocycles. The monoisotopic (exact) mass is 284 g/mol. The van der Waals surface area contributed by atoms with Crippen LogP contribution in [0, 0.1) is 6.92 Å². The second-order valence-corrected chi connectivity index (χ2v) is 5.03. The summed E-state index contributed by atoms with van der Waals surface area (Å²) in [6.07, 6.45) is 2.44. The first-order chi connectivity index (χ1) is 10.0. The van der Waals surface area contributed by atoms with Crippen molar-refractivity contribution in [2.24, 2.45) is 0 Å². The van der Waals surface area contributed by atoms with Crippen molar-refractivity contribution >= 4 is 17.5 Å². The Hall–Kier alpha value is -2.43. The fourth-order valence-electron chi connectivity index (χ4n) is 2.03. The zero-order chi connectivity index (χ0) is 15.4. The van der Waals surface area contributed by atoms with Crippen LogP contribution in [0.3, 0.4) is 0 Å². The predicted molar refractivity (Wildman–Crippen MR) is 84.9 cm³/mol. The van der Waals surface area contributed by atoms with Crippen molar-refractivity contribution in [3.8, 4) is 0 Å². The minimum absolute atomic E-state index is 0.182. The van der Waals surface area contributed by atoms with Crippen LogP contribution in [-0.4, -0.2) is 30.0 Å². The van der Waals surface area contributed by atoms with E-state index in [2.05, 4.69) is 22.2 Å². The molecule has 0 aliphatic heterocycles. The third-order valence-corrected chi connectivity index (χ3v) is 3.26. The molecule has 5 nitrogen and oxygen atoms in total. The number of aromatic nitrogens is 2. The number of rotatable bonds is 4. The van der Waals surface area contributed by atoms with Gasteiger partial charge in [0.25, 0.3) is 5.91 Å². The lowest BCUT2D eigenvalue weighted by atomic mass is 10.1. The predicted octanol–water partition coefficient (Wildman–Crippen LogP) is 2.67. The normalized spacial score (nSPS) is 10.3. The van der Waals surface area contributed by atoms with Crippen molar-refractivity contribution in [2.75, 3.05) is 24.3 Å². The molecule has 0 spiro atoms. The lowest BCUT2D eigenvalue weighted by Gasteiger charge is -2.13. The van der Waals surface area contributed by atoms with Crippen LogP contribution >= 0.6 is 0 Å². The molecule has 21 heavy (non-hydrogen) atoms. The average molecular weight is 284 g/mol. The van der Waals surface area contributed by atoms with E-state index in [4.69, 9.17) is 0 Å². The number of nitrogens with one attached hydrogen (secondary N) is 1. The van der Waals surface area contributed by atoms with Gasteiger partial charge in [-0.05, 0) is 25.0 Å². The molecule has 5 heteroatoms. The summed E-state index contributed by atoms with van der Waals surface area (Å²) in [7, 11) is 3.73. The van der Waals surface area contributed by atoms with Gasteiger partial charge in [-0.2, -0.15) is 0 Å². The minimum atomic E-state index is -0.182. The van der Waals surface area contributed by atoms with Gasteiger partial charge in [-0.1, -0.05) is 25.1 Å². The molecule has 0 aliphatic rings. The van der Waals surface area contributed by atoms with Crippen LogP contribution in [0.4, 0.5) is 11.6 Å². The number of nitrogens with zero attached hydrogens (tertiary/aromatic N) is 3. The SMILES string of the molecule is CCc1ccccc1NC(=O)c1cnc(N(C)C)nc1C. The molecule has 0 atom stereocenters. The van der Waals surface area contributed by atoms with Crippen molar-refractivity contribution in [2.45, 2.75) is 20.3 Å². The Balaban J connectivity index is 2.24. The van der Waals surface area contributed by atoms with Gasteiger partial charge in [-0.3, -0.25) is 4.79 Å². The van der Waals surface area contributed by atoms with E-state index in [1.54, 1.807) is 11.1 Å². The van der Waals surface area contributed by atoms with E-state index in [9.17, 15) is 4.79 Å². The van der Waals surface area contributed by atoms with Crippen LogP contribution in [0.1, 0.15) is 28.5 Å². The van der Waals surface area contributed by atoms with E-state index >= 15 is 0 Å². The Kier molecular flexibility index (Phi) is 4.52. The quantitative estimate of drug-likeness (QED) is 0.937. The van der Waals surface area contributed by atoms with Crippen LogP contribution in [-0.2, 0) is 6.42 Å². The molecule has 0 fully saturated rings. The number of para-hydroxylation sites is 1. The molecule has 0 radical (unpaired) electrons. The van der Waals surface area contributed by atoms with Crippen LogP contribution < -0.4 is 10.2 Å². The summed E-state index contributed by atoms with van der Waals surface area (Å²) in [6.45, 7) is 3.88. The second-order valence-electron chi connectivity index (χ2n) is 5.03. The van der Waals surface area contributed by atoms with E-state index in [0.29, 0.717) is 17.2 Å². The fraction of sp³-hybridized carbons (Fsp3) is 0.312. The number of carbonyl (C=O) groups excluding carboxylic acids is 1. The van der Waals surface area contributed by atoms with Crippen molar-refractivity contribution in [1.82, 2.24) is 9.97 Å². The molecule has 1 heterocycles. The lowest BCUT2D eigenvalue weighted by molar-refractivity contribution is 0.102. The Morgan fingerprint density at radius 2 is 2.00 bits per heavy atom. The molecule has 2 aromatic rings. The van der Waals surface area contributed by atoms with Crippen LogP contribution in [0.5, 0.6) is 0 Å². The van der Waals surface area contributed by atoms with Crippen molar-refractivity contribution < 1.29 is 4.79 Å². The van der Waals surface area contributed by atoms with Gasteiger partial charge in [0.05, 0.1) is 11.3 Å². The fourth-order valence-corrected chi connectivity index (χ4v) is 2.03. The first-order valence-corrected chi connectivity index (χ1v) is 6.93. The number of hydrogen-bond acceptors (Lipinski definition) is 4. The molecular formula is C16H20N4O. The van der Waals surface area contributed by atoms with Gasteiger partial charge in [0, 0.05) is 26.0 Å². The molecular weight excluding hydrogens is 264 g/mol. The molecule has 0 bridgehead atoms. The molecule has 1 N–H and O–H groups in total. The zero-order valence-corrected chi connectivity index (χ0v) is 12.8. The molecule has 2 rings (SSSR count). The van der Waals surface area contributed by atoms with E-state index in [-0.39, 0.29) is 5.91 Å². The number of anilines is 2. The second kappa shape index (κ2) is 6.35. The first kappa shape index (κ1) is 15.0. The highest BCUT2D eigenvalue weighted by Gasteiger charge is 2.13. The molecule has 0 saturated heterocycles. The highest BCUT2D eigenvalue weighted by molar-refractivity contribution is 6.05. The summed E-state index contributed by atoms with van der Waals surface area (Å²) in [5.41, 5.74) is 3.10. The lowest BCUT2D eigenvalue weighted by Crippen LogP contribution is -2.18. The third-order valence-electron chi connectivity index (χ3n) is 3.26. The van der Waals surface area contributed by atoms with Gasteiger partial charge in [-0.15, -0.1) is 0 Å². The molecule has 110 valence electrons. The zero-order valence-electron chi connectivity index (χ0n) is 12.8. The maximum absolute atomic E-state index is 12.4. The highest BCUT2D eigenvalue weighted by Crippen LogP contribution is 2.17. The first-order valence-electron chi connectivity index (χ1n) is 6.93. The van der Waals surface area contributed by atoms with E-state index in [1.165, 1.54) is 0 Å². The number of aryl methyl sites for hydroxylation is 2. The maximum Gasteiger partial charge on any atom is 0.259 e. The van der Waals surface area contributed by atoms with Crippen molar-refractivity contribution in [3.05, 3.63) is 47.3 Å². The number of benzene rings is 1. The molecule has 0 unspecified atom stereocenters. The van der Waals surface area contributed by atoms with Crippen LogP contribution in [0.15, 0.2) is 30.5 Å². The summed E-state index contributed by atoms with van der Waals surface area (Å²) >= 11 is 0. The Labute approximate surface area is 125 Å². The molecule has 0 aliphatic carbocycles. The summed E-state index contributed by atoms with van der Waals surface area (Å²) < 4.78 is 0. The average Bonchev–Trinajstić information content (AvgIpc) is 2.47. The van der Waals surface area contributed by atoms with Gasteiger partial charge in [-0.25, -0.2) is 9.97 Å². The summed E-state index contributed by atoms with van der Waals surface area (Å²) in [6, 6.07) is 7.79. The molecule has 1 aromatic carbocycles. The smallest absolute Gasteiger partial charge is 0.259 e. The third kappa shape index (κ3) is 3.37. The van der Waals surface area contributed by atoms with E-state index in [0.717, 1.165) is 17.7 Å². The van der Waals surface area contributed by atoms with Crippen molar-refractivity contribution in [1.29, 1.82) is 0 Å². The number of amides is 1. The standard InChI is InChI=1S/C16H20N4O/c1-5-12-8-6-7-9-14(12)19-15(21)13-10-17-16(20(3)4)18-11(13)2/h6-10H,5H2,1-4H3,(H,19,21). The van der Waals surface area contributed by atoms with Crippen molar-refractivity contribution in [3.63, 3.8) is 0 Å². The minimum Gasteiger partial charge on any atom is -0.347 e.